The molecule has 0 fully saturated rings. The van der Waals surface area contributed by atoms with Crippen LogP contribution in [0.5, 0.6) is 0 Å². The minimum atomic E-state index is -0.550. The van der Waals surface area contributed by atoms with E-state index >= 15 is 0 Å². The Morgan fingerprint density at radius 2 is 1.79 bits per heavy atom. The van der Waals surface area contributed by atoms with Gasteiger partial charge in [-0.15, -0.1) is 11.6 Å². The smallest absolute Gasteiger partial charge is 0.307 e. The van der Waals surface area contributed by atoms with E-state index in [0.29, 0.717) is 5.69 Å². The molecule has 0 heterocycles. The van der Waals surface area contributed by atoms with Crippen LogP contribution in [0.15, 0.2) is 42.5 Å². The van der Waals surface area contributed by atoms with Gasteiger partial charge in [0.15, 0.2) is 0 Å². The van der Waals surface area contributed by atoms with Crippen molar-refractivity contribution in [3.8, 4) is 0 Å². The number of benzene rings is 2. The highest BCUT2D eigenvalue weighted by atomic mass is 35.5. The fourth-order valence-corrected chi connectivity index (χ4v) is 1.93. The highest BCUT2D eigenvalue weighted by Crippen LogP contribution is 2.22. The Hall–Kier alpha value is -2.07. The molecule has 0 aliphatic carbocycles. The van der Waals surface area contributed by atoms with Gasteiger partial charge in [-0.3, -0.25) is 10.1 Å². The van der Waals surface area contributed by atoms with Gasteiger partial charge in [0.1, 0.15) is 0 Å². The van der Waals surface area contributed by atoms with Crippen LogP contribution in [0.3, 0.4) is 0 Å². The molecule has 4 nitrogen and oxygen atoms in total. The molecule has 0 aliphatic rings. The normalized spacial score (nSPS) is 10.2. The molecule has 2 aromatic carbocycles. The zero-order valence-corrected chi connectivity index (χ0v) is 10.9. The Morgan fingerprint density at radius 1 is 1.05 bits per heavy atom. The summed E-state index contributed by atoms with van der Waals surface area (Å²) < 4.78 is 0. The molecule has 0 saturated carbocycles. The number of anilines is 1. The van der Waals surface area contributed by atoms with Crippen LogP contribution in [-0.4, -0.2) is 17.8 Å². The highest BCUT2D eigenvalue weighted by molar-refractivity contribution is 6.19. The Balaban J connectivity index is 2.13. The zero-order valence-electron chi connectivity index (χ0n) is 10.2. The van der Waals surface area contributed by atoms with Crippen LogP contribution in [0, 0.1) is 0 Å². The van der Waals surface area contributed by atoms with Crippen LogP contribution < -0.4 is 10.6 Å². The molecule has 2 rings (SSSR count). The number of hydrogen-bond acceptors (Lipinski definition) is 2. The monoisotopic (exact) mass is 276 g/mol. The molecule has 5 heteroatoms. The lowest BCUT2D eigenvalue weighted by atomic mass is 10.1. The SMILES string of the molecule is O=C(CCCl)NC(=O)Nc1cccc2ccccc12. The van der Waals surface area contributed by atoms with E-state index in [2.05, 4.69) is 10.6 Å². The van der Waals surface area contributed by atoms with Gasteiger partial charge in [0.2, 0.25) is 5.91 Å². The van der Waals surface area contributed by atoms with Gasteiger partial charge in [-0.25, -0.2) is 4.79 Å². The first kappa shape index (κ1) is 13.4. The van der Waals surface area contributed by atoms with E-state index in [9.17, 15) is 9.59 Å². The second-order valence-electron chi connectivity index (χ2n) is 3.97. The van der Waals surface area contributed by atoms with Gasteiger partial charge < -0.3 is 5.32 Å². The zero-order chi connectivity index (χ0) is 13.7. The van der Waals surface area contributed by atoms with Crippen molar-refractivity contribution in [3.63, 3.8) is 0 Å². The van der Waals surface area contributed by atoms with Crippen LogP contribution in [0.1, 0.15) is 6.42 Å². The van der Waals surface area contributed by atoms with Crippen LogP contribution in [0.4, 0.5) is 10.5 Å². The van der Waals surface area contributed by atoms with Gasteiger partial charge in [0.05, 0.1) is 5.69 Å². The van der Waals surface area contributed by atoms with E-state index < -0.39 is 11.9 Å². The van der Waals surface area contributed by atoms with Gasteiger partial charge >= 0.3 is 6.03 Å². The van der Waals surface area contributed by atoms with E-state index in [-0.39, 0.29) is 12.3 Å². The fourth-order valence-electron chi connectivity index (χ4n) is 1.76. The quantitative estimate of drug-likeness (QED) is 0.846. The number of halogens is 1. The number of hydrogen-bond donors (Lipinski definition) is 2. The molecule has 2 N–H and O–H groups in total. The summed E-state index contributed by atoms with van der Waals surface area (Å²) in [5, 5.41) is 6.82. The number of rotatable bonds is 3. The maximum Gasteiger partial charge on any atom is 0.325 e. The lowest BCUT2D eigenvalue weighted by Crippen LogP contribution is -2.34. The van der Waals surface area contributed by atoms with Crippen molar-refractivity contribution in [2.75, 3.05) is 11.2 Å². The van der Waals surface area contributed by atoms with Gasteiger partial charge in [0.25, 0.3) is 0 Å². The Bertz CT molecular complexity index is 608. The molecule has 0 aliphatic heterocycles. The van der Waals surface area contributed by atoms with Crippen molar-refractivity contribution in [1.82, 2.24) is 5.32 Å². The van der Waals surface area contributed by atoms with E-state index in [0.717, 1.165) is 10.8 Å². The molecule has 0 radical (unpaired) electrons. The minimum Gasteiger partial charge on any atom is -0.307 e. The van der Waals surface area contributed by atoms with Crippen molar-refractivity contribution in [2.45, 2.75) is 6.42 Å². The number of carbonyl (C=O) groups is 2. The first-order valence-corrected chi connectivity index (χ1v) is 6.38. The van der Waals surface area contributed by atoms with Crippen molar-refractivity contribution >= 4 is 40.0 Å². The Labute approximate surface area is 115 Å². The number of alkyl halides is 1. The van der Waals surface area contributed by atoms with E-state index in [1.54, 1.807) is 6.07 Å². The topological polar surface area (TPSA) is 58.2 Å². The molecule has 19 heavy (non-hydrogen) atoms. The third kappa shape index (κ3) is 3.45. The molecule has 0 atom stereocenters. The summed E-state index contributed by atoms with van der Waals surface area (Å²) in [7, 11) is 0. The van der Waals surface area contributed by atoms with E-state index in [1.807, 2.05) is 36.4 Å². The maximum atomic E-state index is 11.7. The summed E-state index contributed by atoms with van der Waals surface area (Å²) in [5.74, 6) is -0.208. The van der Waals surface area contributed by atoms with Crippen molar-refractivity contribution < 1.29 is 9.59 Å². The number of nitrogens with one attached hydrogen (secondary N) is 2. The second-order valence-corrected chi connectivity index (χ2v) is 4.35. The molecule has 2 aromatic rings. The van der Waals surface area contributed by atoms with Crippen LogP contribution in [0.25, 0.3) is 10.8 Å². The number of amides is 3. The predicted octanol–water partition coefficient (Wildman–Crippen LogP) is 3.12. The van der Waals surface area contributed by atoms with Gasteiger partial charge in [-0.05, 0) is 11.5 Å². The summed E-state index contributed by atoms with van der Waals surface area (Å²) >= 11 is 5.43. The lowest BCUT2D eigenvalue weighted by molar-refractivity contribution is -0.119. The standard InChI is InChI=1S/C14H13ClN2O2/c15-9-8-13(18)17-14(19)16-12-7-3-5-10-4-1-2-6-11(10)12/h1-7H,8-9H2,(H2,16,17,18,19). The first-order chi connectivity index (χ1) is 9.20. The summed E-state index contributed by atoms with van der Waals surface area (Å²) in [6.07, 6.45) is 0.116. The lowest BCUT2D eigenvalue weighted by Gasteiger charge is -2.09. The van der Waals surface area contributed by atoms with Crippen molar-refractivity contribution in [2.24, 2.45) is 0 Å². The maximum absolute atomic E-state index is 11.7. The molecular formula is C14H13ClN2O2. The first-order valence-electron chi connectivity index (χ1n) is 5.85. The summed E-state index contributed by atoms with van der Waals surface area (Å²) in [4.78, 5) is 22.9. The predicted molar refractivity (Wildman–Crippen MR) is 76.4 cm³/mol. The summed E-state index contributed by atoms with van der Waals surface area (Å²) in [6.45, 7) is 0. The average Bonchev–Trinajstić information content (AvgIpc) is 2.39. The average molecular weight is 277 g/mol. The fraction of sp³-hybridized carbons (Fsp3) is 0.143. The van der Waals surface area contributed by atoms with E-state index in [4.69, 9.17) is 11.6 Å². The Morgan fingerprint density at radius 3 is 2.58 bits per heavy atom. The van der Waals surface area contributed by atoms with Gasteiger partial charge in [0, 0.05) is 17.7 Å². The molecule has 3 amide bonds. The molecule has 0 bridgehead atoms. The van der Waals surface area contributed by atoms with Gasteiger partial charge in [-0.1, -0.05) is 36.4 Å². The molecular weight excluding hydrogens is 264 g/mol. The van der Waals surface area contributed by atoms with Crippen LogP contribution >= 0.6 is 11.6 Å². The van der Waals surface area contributed by atoms with Crippen LogP contribution in [0.2, 0.25) is 0 Å². The van der Waals surface area contributed by atoms with Crippen molar-refractivity contribution in [1.29, 1.82) is 0 Å². The van der Waals surface area contributed by atoms with E-state index in [1.165, 1.54) is 0 Å². The summed E-state index contributed by atoms with van der Waals surface area (Å²) in [6, 6.07) is 12.7. The highest BCUT2D eigenvalue weighted by Gasteiger charge is 2.08. The summed E-state index contributed by atoms with van der Waals surface area (Å²) in [5.41, 5.74) is 0.661. The number of carbonyl (C=O) groups excluding carboxylic acids is 2. The van der Waals surface area contributed by atoms with Gasteiger partial charge in [-0.2, -0.15) is 0 Å². The molecule has 0 spiro atoms. The molecule has 0 aromatic heterocycles. The minimum absolute atomic E-state index is 0.116. The number of imide groups is 1. The Kier molecular flexibility index (Phi) is 4.36. The molecule has 0 unspecified atom stereocenters. The molecule has 98 valence electrons. The van der Waals surface area contributed by atoms with Crippen LogP contribution in [-0.2, 0) is 4.79 Å². The third-order valence-corrected chi connectivity index (χ3v) is 2.80. The second kappa shape index (κ2) is 6.20. The third-order valence-electron chi connectivity index (χ3n) is 2.61. The number of urea groups is 1. The number of fused-ring (bicyclic) bond motifs is 1. The van der Waals surface area contributed by atoms with Crippen molar-refractivity contribution in [3.05, 3.63) is 42.5 Å². The largest absolute Gasteiger partial charge is 0.325 e. The molecule has 0 saturated heterocycles.